The van der Waals surface area contributed by atoms with Gasteiger partial charge in [-0.15, -0.1) is 0 Å². The molecule has 1 heterocycles. The van der Waals surface area contributed by atoms with Crippen LogP contribution in [0, 0.1) is 5.82 Å². The number of nitrogens with two attached hydrogens (primary N) is 1. The molecule has 78 valence electrons. The Balaban J connectivity index is 2.29. The third-order valence-electron chi connectivity index (χ3n) is 1.98. The maximum Gasteiger partial charge on any atom is 0.152 e. The van der Waals surface area contributed by atoms with Crippen molar-refractivity contribution in [3.05, 3.63) is 42.2 Å². The van der Waals surface area contributed by atoms with E-state index in [2.05, 4.69) is 10.1 Å². The summed E-state index contributed by atoms with van der Waals surface area (Å²) in [6, 6.07) is 6.20. The smallest absolute Gasteiger partial charge is 0.152 e. The molecule has 0 unspecified atom stereocenters. The molecule has 0 spiro atoms. The van der Waals surface area contributed by atoms with Gasteiger partial charge in [0, 0.05) is 6.42 Å². The van der Waals surface area contributed by atoms with E-state index < -0.39 is 0 Å². The van der Waals surface area contributed by atoms with Crippen LogP contribution in [0.25, 0.3) is 5.69 Å². The lowest BCUT2D eigenvalue weighted by molar-refractivity contribution is 0.625. The zero-order valence-corrected chi connectivity index (χ0v) is 8.10. The monoisotopic (exact) mass is 206 g/mol. The van der Waals surface area contributed by atoms with Gasteiger partial charge in [-0.3, -0.25) is 0 Å². The Morgan fingerprint density at radius 2 is 2.27 bits per heavy atom. The molecule has 1 aromatic heterocycles. The molecule has 0 saturated heterocycles. The molecule has 0 saturated carbocycles. The first-order valence-electron chi connectivity index (χ1n) is 4.66. The molecule has 2 N–H and O–H groups in total. The lowest BCUT2D eigenvalue weighted by Crippen LogP contribution is -2.05. The van der Waals surface area contributed by atoms with E-state index in [9.17, 15) is 4.39 Å². The number of hydrogen-bond acceptors (Lipinski definition) is 3. The number of benzene rings is 1. The summed E-state index contributed by atoms with van der Waals surface area (Å²) in [6.07, 6.45) is 2.18. The quantitative estimate of drug-likeness (QED) is 0.812. The molecule has 0 fully saturated rings. The van der Waals surface area contributed by atoms with Gasteiger partial charge < -0.3 is 5.73 Å². The van der Waals surface area contributed by atoms with Crippen LogP contribution in [-0.2, 0) is 6.42 Å². The normalized spacial score (nSPS) is 10.5. The summed E-state index contributed by atoms with van der Waals surface area (Å²) >= 11 is 0. The van der Waals surface area contributed by atoms with Gasteiger partial charge in [0.25, 0.3) is 0 Å². The minimum absolute atomic E-state index is 0.289. The van der Waals surface area contributed by atoms with Gasteiger partial charge in [-0.05, 0) is 24.7 Å². The highest BCUT2D eigenvalue weighted by molar-refractivity contribution is 5.30. The molecule has 0 aliphatic heterocycles. The molecule has 0 aliphatic carbocycles. The number of rotatable bonds is 3. The van der Waals surface area contributed by atoms with Crippen molar-refractivity contribution in [1.29, 1.82) is 0 Å². The number of halogens is 1. The molecule has 5 heteroatoms. The summed E-state index contributed by atoms with van der Waals surface area (Å²) in [6.45, 7) is 0.507. The third-order valence-corrected chi connectivity index (χ3v) is 1.98. The van der Waals surface area contributed by atoms with Crippen LogP contribution in [0.1, 0.15) is 5.82 Å². The van der Waals surface area contributed by atoms with E-state index in [1.165, 1.54) is 16.8 Å². The highest BCUT2D eigenvalue weighted by Gasteiger charge is 2.02. The molecule has 15 heavy (non-hydrogen) atoms. The molecule has 2 aromatic rings. The Morgan fingerprint density at radius 1 is 1.40 bits per heavy atom. The van der Waals surface area contributed by atoms with Crippen molar-refractivity contribution in [2.24, 2.45) is 5.73 Å². The summed E-state index contributed by atoms with van der Waals surface area (Å²) in [7, 11) is 0. The molecule has 2 rings (SSSR count). The fraction of sp³-hybridized carbons (Fsp3) is 0.200. The first-order chi connectivity index (χ1) is 7.29. The van der Waals surface area contributed by atoms with Crippen LogP contribution in [0.5, 0.6) is 0 Å². The number of aromatic nitrogens is 3. The predicted molar refractivity (Wildman–Crippen MR) is 54.1 cm³/mol. The van der Waals surface area contributed by atoms with Crippen molar-refractivity contribution < 1.29 is 4.39 Å². The van der Waals surface area contributed by atoms with E-state index >= 15 is 0 Å². The minimum atomic E-state index is -0.289. The molecular formula is C10H11FN4. The molecule has 0 aliphatic rings. The van der Waals surface area contributed by atoms with Crippen LogP contribution >= 0.6 is 0 Å². The van der Waals surface area contributed by atoms with Crippen LogP contribution in [-0.4, -0.2) is 21.3 Å². The van der Waals surface area contributed by atoms with Crippen LogP contribution in [0.15, 0.2) is 30.6 Å². The lowest BCUT2D eigenvalue weighted by Gasteiger charge is -1.99. The Bertz CT molecular complexity index is 452. The van der Waals surface area contributed by atoms with E-state index in [0.29, 0.717) is 24.5 Å². The van der Waals surface area contributed by atoms with E-state index in [-0.39, 0.29) is 5.82 Å². The van der Waals surface area contributed by atoms with E-state index in [1.807, 2.05) is 0 Å². The summed E-state index contributed by atoms with van der Waals surface area (Å²) < 4.78 is 14.5. The van der Waals surface area contributed by atoms with Crippen LogP contribution in [0.3, 0.4) is 0 Å². The predicted octanol–water partition coefficient (Wildman–Crippen LogP) is 0.908. The van der Waals surface area contributed by atoms with Gasteiger partial charge in [0.1, 0.15) is 12.1 Å². The van der Waals surface area contributed by atoms with Crippen LogP contribution in [0.4, 0.5) is 4.39 Å². The van der Waals surface area contributed by atoms with Crippen LogP contribution in [0.2, 0.25) is 0 Å². The van der Waals surface area contributed by atoms with Crippen molar-refractivity contribution in [3.63, 3.8) is 0 Å². The maximum absolute atomic E-state index is 12.9. The Labute approximate surface area is 86.6 Å². The Hall–Kier alpha value is -1.75. The first-order valence-corrected chi connectivity index (χ1v) is 4.66. The fourth-order valence-corrected chi connectivity index (χ4v) is 1.28. The molecule has 0 amide bonds. The molecule has 0 atom stereocenters. The van der Waals surface area contributed by atoms with Gasteiger partial charge >= 0.3 is 0 Å². The SMILES string of the molecule is NCCc1ncn(-c2cccc(F)c2)n1. The largest absolute Gasteiger partial charge is 0.330 e. The van der Waals surface area contributed by atoms with Crippen molar-refractivity contribution in [2.75, 3.05) is 6.54 Å². The maximum atomic E-state index is 12.9. The summed E-state index contributed by atoms with van der Waals surface area (Å²) in [4.78, 5) is 4.06. The van der Waals surface area contributed by atoms with Gasteiger partial charge in [0.05, 0.1) is 5.69 Å². The highest BCUT2D eigenvalue weighted by Crippen LogP contribution is 2.08. The second kappa shape index (κ2) is 4.18. The second-order valence-electron chi connectivity index (χ2n) is 3.12. The minimum Gasteiger partial charge on any atom is -0.330 e. The van der Waals surface area contributed by atoms with Crippen molar-refractivity contribution in [2.45, 2.75) is 6.42 Å². The standard InChI is InChI=1S/C10H11FN4/c11-8-2-1-3-9(6-8)15-7-13-10(14-15)4-5-12/h1-3,6-7H,4-5,12H2. The molecular weight excluding hydrogens is 195 g/mol. The zero-order valence-electron chi connectivity index (χ0n) is 8.10. The third kappa shape index (κ3) is 2.19. The number of nitrogens with zero attached hydrogens (tertiary/aromatic N) is 3. The van der Waals surface area contributed by atoms with Crippen LogP contribution < -0.4 is 5.73 Å². The van der Waals surface area contributed by atoms with Gasteiger partial charge in [0.15, 0.2) is 5.82 Å². The average molecular weight is 206 g/mol. The molecule has 0 radical (unpaired) electrons. The van der Waals surface area contributed by atoms with E-state index in [4.69, 9.17) is 5.73 Å². The van der Waals surface area contributed by atoms with Gasteiger partial charge in [-0.2, -0.15) is 5.10 Å². The second-order valence-corrected chi connectivity index (χ2v) is 3.12. The van der Waals surface area contributed by atoms with Crippen molar-refractivity contribution >= 4 is 0 Å². The topological polar surface area (TPSA) is 56.7 Å². The Morgan fingerprint density at radius 3 is 3.00 bits per heavy atom. The van der Waals surface area contributed by atoms with E-state index in [0.717, 1.165) is 0 Å². The average Bonchev–Trinajstić information content (AvgIpc) is 2.67. The first kappa shape index (κ1) is 9.79. The summed E-state index contributed by atoms with van der Waals surface area (Å²) in [5, 5.41) is 4.17. The number of hydrogen-bond donors (Lipinski definition) is 1. The van der Waals surface area contributed by atoms with E-state index in [1.54, 1.807) is 18.5 Å². The van der Waals surface area contributed by atoms with Crippen molar-refractivity contribution in [1.82, 2.24) is 14.8 Å². The molecule has 4 nitrogen and oxygen atoms in total. The lowest BCUT2D eigenvalue weighted by atomic mass is 10.3. The van der Waals surface area contributed by atoms with Gasteiger partial charge in [-0.1, -0.05) is 6.07 Å². The summed E-state index contributed by atoms with van der Waals surface area (Å²) in [5.74, 6) is 0.380. The van der Waals surface area contributed by atoms with Gasteiger partial charge in [0.2, 0.25) is 0 Å². The highest BCUT2D eigenvalue weighted by atomic mass is 19.1. The summed E-state index contributed by atoms with van der Waals surface area (Å²) in [5.41, 5.74) is 6.04. The fourth-order valence-electron chi connectivity index (χ4n) is 1.28. The molecule has 1 aromatic carbocycles. The molecule has 0 bridgehead atoms. The van der Waals surface area contributed by atoms with Gasteiger partial charge in [-0.25, -0.2) is 14.1 Å². The van der Waals surface area contributed by atoms with Crippen molar-refractivity contribution in [3.8, 4) is 5.69 Å². The zero-order chi connectivity index (χ0) is 10.7. The Kier molecular flexibility index (Phi) is 2.73.